The van der Waals surface area contributed by atoms with Gasteiger partial charge in [-0.25, -0.2) is 13.8 Å². The monoisotopic (exact) mass is 306 g/mol. The number of anilines is 3. The Morgan fingerprint density at radius 3 is 2.77 bits per heavy atom. The predicted octanol–water partition coefficient (Wildman–Crippen LogP) is 3.09. The molecule has 0 amide bonds. The van der Waals surface area contributed by atoms with Crippen LogP contribution < -0.4 is 10.6 Å². The lowest BCUT2D eigenvalue weighted by atomic mass is 10.2. The first kappa shape index (κ1) is 14.6. The third-order valence-corrected chi connectivity index (χ3v) is 3.39. The van der Waals surface area contributed by atoms with Crippen molar-refractivity contribution in [1.82, 2.24) is 9.97 Å². The highest BCUT2D eigenvalue weighted by Gasteiger charge is 2.15. The number of hydrogen-bond donors (Lipinski definition) is 2. The number of benzene rings is 1. The summed E-state index contributed by atoms with van der Waals surface area (Å²) < 4.78 is 32.7. The number of hydrogen-bond acceptors (Lipinski definition) is 5. The molecule has 2 heterocycles. The molecule has 0 spiro atoms. The third kappa shape index (κ3) is 3.48. The van der Waals surface area contributed by atoms with Gasteiger partial charge in [-0.2, -0.15) is 4.98 Å². The zero-order valence-corrected chi connectivity index (χ0v) is 11.9. The van der Waals surface area contributed by atoms with Gasteiger partial charge in [-0.05, 0) is 31.0 Å². The van der Waals surface area contributed by atoms with Gasteiger partial charge in [0.2, 0.25) is 5.95 Å². The molecule has 3 rings (SSSR count). The Kier molecular flexibility index (Phi) is 4.43. The van der Waals surface area contributed by atoms with Crippen LogP contribution in [0.5, 0.6) is 0 Å². The van der Waals surface area contributed by atoms with Gasteiger partial charge in [0.1, 0.15) is 23.1 Å². The summed E-state index contributed by atoms with van der Waals surface area (Å²) in [6.07, 6.45) is 3.78. The standard InChI is InChI=1S/C15H16F2N4O/c16-11-4-1-5-12(17)14(11)21-15-18-7-6-13(20-15)19-9-10-3-2-8-22-10/h1,4-7,10H,2-3,8-9H2,(H2,18,19,20,21). The molecular weight excluding hydrogens is 290 g/mol. The number of ether oxygens (including phenoxy) is 1. The molecule has 0 saturated carbocycles. The van der Waals surface area contributed by atoms with Crippen LogP contribution in [0.3, 0.4) is 0 Å². The van der Waals surface area contributed by atoms with E-state index in [2.05, 4.69) is 20.6 Å². The maximum atomic E-state index is 13.6. The minimum Gasteiger partial charge on any atom is -0.376 e. The number of para-hydroxylation sites is 1. The maximum absolute atomic E-state index is 13.6. The van der Waals surface area contributed by atoms with Gasteiger partial charge in [0.15, 0.2) is 0 Å². The molecule has 1 atom stereocenters. The van der Waals surface area contributed by atoms with E-state index >= 15 is 0 Å². The Morgan fingerprint density at radius 1 is 1.23 bits per heavy atom. The van der Waals surface area contributed by atoms with E-state index in [0.717, 1.165) is 19.4 Å². The summed E-state index contributed by atoms with van der Waals surface area (Å²) in [6, 6.07) is 5.34. The molecule has 0 radical (unpaired) electrons. The van der Waals surface area contributed by atoms with Crippen LogP contribution in [0.1, 0.15) is 12.8 Å². The van der Waals surface area contributed by atoms with Gasteiger partial charge < -0.3 is 15.4 Å². The minimum atomic E-state index is -0.693. The van der Waals surface area contributed by atoms with Crippen LogP contribution in [0.2, 0.25) is 0 Å². The lowest BCUT2D eigenvalue weighted by Gasteiger charge is -2.12. The van der Waals surface area contributed by atoms with Crippen LogP contribution in [0.4, 0.5) is 26.2 Å². The molecule has 1 saturated heterocycles. The van der Waals surface area contributed by atoms with Crippen molar-refractivity contribution < 1.29 is 13.5 Å². The van der Waals surface area contributed by atoms with E-state index < -0.39 is 11.6 Å². The second-order valence-corrected chi connectivity index (χ2v) is 5.00. The molecule has 2 N–H and O–H groups in total. The van der Waals surface area contributed by atoms with E-state index in [1.807, 2.05) is 0 Å². The first-order valence-corrected chi connectivity index (χ1v) is 7.12. The fourth-order valence-corrected chi connectivity index (χ4v) is 2.27. The number of rotatable bonds is 5. The quantitative estimate of drug-likeness (QED) is 0.889. The van der Waals surface area contributed by atoms with E-state index in [1.54, 1.807) is 6.07 Å². The van der Waals surface area contributed by atoms with Gasteiger partial charge in [-0.3, -0.25) is 0 Å². The number of halogens is 2. The average molecular weight is 306 g/mol. The maximum Gasteiger partial charge on any atom is 0.229 e. The first-order chi connectivity index (χ1) is 10.7. The van der Waals surface area contributed by atoms with E-state index in [1.165, 1.54) is 24.4 Å². The zero-order valence-electron chi connectivity index (χ0n) is 11.9. The van der Waals surface area contributed by atoms with Crippen molar-refractivity contribution in [2.45, 2.75) is 18.9 Å². The third-order valence-electron chi connectivity index (χ3n) is 3.39. The van der Waals surface area contributed by atoms with Gasteiger partial charge in [0, 0.05) is 19.3 Å². The van der Waals surface area contributed by atoms with Crippen molar-refractivity contribution in [3.63, 3.8) is 0 Å². The number of nitrogens with zero attached hydrogens (tertiary/aromatic N) is 2. The van der Waals surface area contributed by atoms with Crippen molar-refractivity contribution >= 4 is 17.5 Å². The van der Waals surface area contributed by atoms with Crippen molar-refractivity contribution in [1.29, 1.82) is 0 Å². The predicted molar refractivity (Wildman–Crippen MR) is 79.1 cm³/mol. The Morgan fingerprint density at radius 2 is 2.05 bits per heavy atom. The molecule has 22 heavy (non-hydrogen) atoms. The Bertz CT molecular complexity index is 627. The summed E-state index contributed by atoms with van der Waals surface area (Å²) in [5.74, 6) is -0.686. The van der Waals surface area contributed by atoms with Gasteiger partial charge >= 0.3 is 0 Å². The van der Waals surface area contributed by atoms with Gasteiger partial charge in [-0.15, -0.1) is 0 Å². The Hall–Kier alpha value is -2.28. The fraction of sp³-hybridized carbons (Fsp3) is 0.333. The highest BCUT2D eigenvalue weighted by atomic mass is 19.1. The topological polar surface area (TPSA) is 59.1 Å². The number of aromatic nitrogens is 2. The number of nitrogens with one attached hydrogen (secondary N) is 2. The summed E-state index contributed by atoms with van der Waals surface area (Å²) in [5, 5.41) is 5.70. The summed E-state index contributed by atoms with van der Waals surface area (Å²) in [7, 11) is 0. The normalized spacial score (nSPS) is 17.5. The first-order valence-electron chi connectivity index (χ1n) is 7.12. The molecule has 5 nitrogen and oxygen atoms in total. The molecule has 116 valence electrons. The van der Waals surface area contributed by atoms with Crippen LogP contribution in [-0.4, -0.2) is 29.2 Å². The average Bonchev–Trinajstić information content (AvgIpc) is 3.03. The van der Waals surface area contributed by atoms with Crippen molar-refractivity contribution in [3.05, 3.63) is 42.1 Å². The van der Waals surface area contributed by atoms with E-state index in [4.69, 9.17) is 4.74 Å². The van der Waals surface area contributed by atoms with Gasteiger partial charge in [0.05, 0.1) is 6.10 Å². The lowest BCUT2D eigenvalue weighted by molar-refractivity contribution is 0.120. The minimum absolute atomic E-state index is 0.126. The lowest BCUT2D eigenvalue weighted by Crippen LogP contribution is -2.19. The van der Waals surface area contributed by atoms with Crippen LogP contribution in [0.15, 0.2) is 30.5 Å². The SMILES string of the molecule is Fc1cccc(F)c1Nc1nccc(NCC2CCCO2)n1. The molecule has 0 bridgehead atoms. The summed E-state index contributed by atoms with van der Waals surface area (Å²) in [4.78, 5) is 8.16. The zero-order chi connectivity index (χ0) is 15.4. The molecule has 1 aromatic carbocycles. The summed E-state index contributed by atoms with van der Waals surface area (Å²) >= 11 is 0. The summed E-state index contributed by atoms with van der Waals surface area (Å²) in [6.45, 7) is 1.43. The molecular formula is C15H16F2N4O. The fourth-order valence-electron chi connectivity index (χ4n) is 2.27. The van der Waals surface area contributed by atoms with Gasteiger partial charge in [-0.1, -0.05) is 6.07 Å². The molecule has 1 fully saturated rings. The molecule has 2 aromatic rings. The molecule has 7 heteroatoms. The second kappa shape index (κ2) is 6.65. The van der Waals surface area contributed by atoms with Crippen LogP contribution in [0.25, 0.3) is 0 Å². The Balaban J connectivity index is 1.68. The largest absolute Gasteiger partial charge is 0.376 e. The van der Waals surface area contributed by atoms with E-state index in [0.29, 0.717) is 12.4 Å². The van der Waals surface area contributed by atoms with Crippen LogP contribution in [0, 0.1) is 11.6 Å². The van der Waals surface area contributed by atoms with E-state index in [9.17, 15) is 8.78 Å². The molecule has 0 aliphatic carbocycles. The smallest absolute Gasteiger partial charge is 0.229 e. The highest BCUT2D eigenvalue weighted by Crippen LogP contribution is 2.21. The molecule has 1 unspecified atom stereocenters. The molecule has 1 aromatic heterocycles. The van der Waals surface area contributed by atoms with Crippen LogP contribution >= 0.6 is 0 Å². The molecule has 1 aliphatic rings. The van der Waals surface area contributed by atoms with Crippen LogP contribution in [-0.2, 0) is 4.74 Å². The second-order valence-electron chi connectivity index (χ2n) is 5.00. The van der Waals surface area contributed by atoms with Gasteiger partial charge in [0.25, 0.3) is 0 Å². The highest BCUT2D eigenvalue weighted by molar-refractivity contribution is 5.56. The van der Waals surface area contributed by atoms with Crippen molar-refractivity contribution in [3.8, 4) is 0 Å². The summed E-state index contributed by atoms with van der Waals surface area (Å²) in [5.41, 5.74) is -0.265. The Labute approximate surface area is 126 Å². The molecule has 1 aliphatic heterocycles. The van der Waals surface area contributed by atoms with Crippen molar-refractivity contribution in [2.24, 2.45) is 0 Å². The van der Waals surface area contributed by atoms with E-state index in [-0.39, 0.29) is 17.7 Å². The van der Waals surface area contributed by atoms with Crippen molar-refractivity contribution in [2.75, 3.05) is 23.8 Å².